The van der Waals surface area contributed by atoms with E-state index in [1.807, 2.05) is 14.0 Å². The molecule has 1 atom stereocenters. The van der Waals surface area contributed by atoms with Crippen LogP contribution in [0, 0.1) is 5.92 Å². The number of ether oxygens (including phenoxy) is 1. The molecule has 1 amide bonds. The van der Waals surface area contributed by atoms with Gasteiger partial charge in [0.25, 0.3) is 5.91 Å². The predicted octanol–water partition coefficient (Wildman–Crippen LogP) is 2.34. The maximum atomic E-state index is 12.3. The molecule has 2 fully saturated rings. The standard InChI is InChI=1S/C16H29NO3/c1-12(20-15-7-5-3-4-6-8-15)16(19)17(2)11-13-9-14(18)10-13/h12-15,18H,3-11H2,1-2H3/t12-,13?,14?/m1/s1. The number of carbonyl (C=O) groups excluding carboxylic acids is 1. The Kier molecular flexibility index (Phi) is 5.85. The molecule has 0 aromatic carbocycles. The molecule has 116 valence electrons. The number of hydrogen-bond acceptors (Lipinski definition) is 3. The summed E-state index contributed by atoms with van der Waals surface area (Å²) in [6, 6.07) is 0. The average Bonchev–Trinajstić information content (AvgIpc) is 2.64. The number of hydrogen-bond donors (Lipinski definition) is 1. The van der Waals surface area contributed by atoms with Gasteiger partial charge in [-0.25, -0.2) is 0 Å². The van der Waals surface area contributed by atoms with E-state index in [9.17, 15) is 9.90 Å². The van der Waals surface area contributed by atoms with Gasteiger partial charge in [-0.15, -0.1) is 0 Å². The van der Waals surface area contributed by atoms with Crippen LogP contribution in [0.25, 0.3) is 0 Å². The van der Waals surface area contributed by atoms with E-state index in [0.29, 0.717) is 5.92 Å². The van der Waals surface area contributed by atoms with E-state index in [2.05, 4.69) is 0 Å². The van der Waals surface area contributed by atoms with Gasteiger partial charge in [-0.1, -0.05) is 25.7 Å². The summed E-state index contributed by atoms with van der Waals surface area (Å²) in [5, 5.41) is 9.29. The van der Waals surface area contributed by atoms with Crippen molar-refractivity contribution in [1.29, 1.82) is 0 Å². The smallest absolute Gasteiger partial charge is 0.251 e. The SMILES string of the molecule is C[C@@H](OC1CCCCCC1)C(=O)N(C)CC1CC(O)C1. The van der Waals surface area contributed by atoms with Gasteiger partial charge in [0.05, 0.1) is 12.2 Å². The highest BCUT2D eigenvalue weighted by Gasteiger charge is 2.30. The zero-order valence-corrected chi connectivity index (χ0v) is 12.9. The average molecular weight is 283 g/mol. The van der Waals surface area contributed by atoms with E-state index in [0.717, 1.165) is 32.2 Å². The van der Waals surface area contributed by atoms with Gasteiger partial charge in [0.15, 0.2) is 0 Å². The minimum Gasteiger partial charge on any atom is -0.393 e. The molecule has 2 aliphatic rings. The molecule has 0 bridgehead atoms. The Morgan fingerprint density at radius 3 is 2.40 bits per heavy atom. The number of amides is 1. The van der Waals surface area contributed by atoms with Crippen LogP contribution in [0.4, 0.5) is 0 Å². The topological polar surface area (TPSA) is 49.8 Å². The Balaban J connectivity index is 1.72. The van der Waals surface area contributed by atoms with Crippen LogP contribution in [0.5, 0.6) is 0 Å². The van der Waals surface area contributed by atoms with Gasteiger partial charge in [0.1, 0.15) is 6.10 Å². The first-order valence-electron chi connectivity index (χ1n) is 8.14. The van der Waals surface area contributed by atoms with E-state index in [-0.39, 0.29) is 24.2 Å². The highest BCUT2D eigenvalue weighted by atomic mass is 16.5. The quantitative estimate of drug-likeness (QED) is 0.788. The minimum atomic E-state index is -0.340. The van der Waals surface area contributed by atoms with E-state index >= 15 is 0 Å². The molecule has 0 saturated heterocycles. The molecular weight excluding hydrogens is 254 g/mol. The molecule has 2 rings (SSSR count). The number of likely N-dealkylation sites (N-methyl/N-ethyl adjacent to an activating group) is 1. The lowest BCUT2D eigenvalue weighted by Crippen LogP contribution is -2.44. The molecule has 0 spiro atoms. The molecule has 0 aromatic rings. The fourth-order valence-electron chi connectivity index (χ4n) is 3.36. The van der Waals surface area contributed by atoms with Crippen LogP contribution in [-0.4, -0.2) is 47.8 Å². The fraction of sp³-hybridized carbons (Fsp3) is 0.938. The number of rotatable bonds is 5. The van der Waals surface area contributed by atoms with Crippen molar-refractivity contribution in [3.8, 4) is 0 Å². The monoisotopic (exact) mass is 283 g/mol. The van der Waals surface area contributed by atoms with Crippen LogP contribution in [0.15, 0.2) is 0 Å². The molecule has 2 aliphatic carbocycles. The maximum absolute atomic E-state index is 12.3. The predicted molar refractivity (Wildman–Crippen MR) is 78.4 cm³/mol. The highest BCUT2D eigenvalue weighted by Crippen LogP contribution is 2.28. The summed E-state index contributed by atoms with van der Waals surface area (Å²) in [6.07, 6.45) is 8.66. The van der Waals surface area contributed by atoms with Crippen molar-refractivity contribution < 1.29 is 14.6 Å². The number of nitrogens with zero attached hydrogens (tertiary/aromatic N) is 1. The van der Waals surface area contributed by atoms with Gasteiger partial charge in [0.2, 0.25) is 0 Å². The van der Waals surface area contributed by atoms with Crippen molar-refractivity contribution in [3.05, 3.63) is 0 Å². The summed E-state index contributed by atoms with van der Waals surface area (Å²) >= 11 is 0. The van der Waals surface area contributed by atoms with Crippen molar-refractivity contribution in [3.63, 3.8) is 0 Å². The summed E-state index contributed by atoms with van der Waals surface area (Å²) in [4.78, 5) is 14.1. The normalized spacial score (nSPS) is 29.4. The molecule has 4 heteroatoms. The van der Waals surface area contributed by atoms with Crippen LogP contribution in [0.2, 0.25) is 0 Å². The minimum absolute atomic E-state index is 0.0793. The van der Waals surface area contributed by atoms with Gasteiger partial charge < -0.3 is 14.7 Å². The van der Waals surface area contributed by atoms with Crippen LogP contribution >= 0.6 is 0 Å². The lowest BCUT2D eigenvalue weighted by atomic mass is 9.82. The van der Waals surface area contributed by atoms with Crippen molar-refractivity contribution in [2.75, 3.05) is 13.6 Å². The Morgan fingerprint density at radius 2 is 1.85 bits per heavy atom. The number of carbonyl (C=O) groups is 1. The molecule has 20 heavy (non-hydrogen) atoms. The highest BCUT2D eigenvalue weighted by molar-refractivity contribution is 5.80. The second-order valence-corrected chi connectivity index (χ2v) is 6.60. The Bertz CT molecular complexity index is 307. The second-order valence-electron chi connectivity index (χ2n) is 6.60. The zero-order valence-electron chi connectivity index (χ0n) is 12.9. The Hall–Kier alpha value is -0.610. The van der Waals surface area contributed by atoms with Crippen LogP contribution in [0.1, 0.15) is 58.3 Å². The zero-order chi connectivity index (χ0) is 14.5. The maximum Gasteiger partial charge on any atom is 0.251 e. The van der Waals surface area contributed by atoms with Gasteiger partial charge in [-0.2, -0.15) is 0 Å². The largest absolute Gasteiger partial charge is 0.393 e. The summed E-state index contributed by atoms with van der Waals surface area (Å²) in [5.41, 5.74) is 0. The summed E-state index contributed by atoms with van der Waals surface area (Å²) in [6.45, 7) is 2.62. The molecule has 0 unspecified atom stereocenters. The van der Waals surface area contributed by atoms with Gasteiger partial charge in [-0.3, -0.25) is 4.79 Å². The number of aliphatic hydroxyl groups is 1. The second kappa shape index (κ2) is 7.41. The van der Waals surface area contributed by atoms with Crippen molar-refractivity contribution >= 4 is 5.91 Å². The lowest BCUT2D eigenvalue weighted by molar-refractivity contribution is -0.146. The van der Waals surface area contributed by atoms with Gasteiger partial charge in [-0.05, 0) is 38.5 Å². The fourth-order valence-corrected chi connectivity index (χ4v) is 3.36. The molecule has 1 N–H and O–H groups in total. The third kappa shape index (κ3) is 4.45. The van der Waals surface area contributed by atoms with E-state index in [4.69, 9.17) is 4.74 Å². The third-order valence-corrected chi connectivity index (χ3v) is 4.67. The van der Waals surface area contributed by atoms with E-state index in [1.54, 1.807) is 4.90 Å². The Labute approximate surface area is 122 Å². The van der Waals surface area contributed by atoms with Crippen molar-refractivity contribution in [2.45, 2.75) is 76.6 Å². The van der Waals surface area contributed by atoms with Gasteiger partial charge in [0, 0.05) is 13.6 Å². The first-order chi connectivity index (χ1) is 9.56. The van der Waals surface area contributed by atoms with Crippen LogP contribution in [-0.2, 0) is 9.53 Å². The molecule has 4 nitrogen and oxygen atoms in total. The molecular formula is C16H29NO3. The first-order valence-corrected chi connectivity index (χ1v) is 8.14. The van der Waals surface area contributed by atoms with Crippen molar-refractivity contribution in [2.24, 2.45) is 5.92 Å². The molecule has 0 radical (unpaired) electrons. The van der Waals surface area contributed by atoms with E-state index < -0.39 is 0 Å². The first kappa shape index (κ1) is 15.8. The van der Waals surface area contributed by atoms with Crippen LogP contribution in [0.3, 0.4) is 0 Å². The molecule has 0 aliphatic heterocycles. The molecule has 0 heterocycles. The Morgan fingerprint density at radius 1 is 1.25 bits per heavy atom. The molecule has 2 saturated carbocycles. The molecule has 0 aromatic heterocycles. The lowest BCUT2D eigenvalue weighted by Gasteiger charge is -2.35. The van der Waals surface area contributed by atoms with E-state index in [1.165, 1.54) is 25.7 Å². The summed E-state index contributed by atoms with van der Waals surface area (Å²) < 4.78 is 5.97. The van der Waals surface area contributed by atoms with Gasteiger partial charge >= 0.3 is 0 Å². The van der Waals surface area contributed by atoms with Crippen LogP contribution < -0.4 is 0 Å². The summed E-state index contributed by atoms with van der Waals surface area (Å²) in [5.74, 6) is 0.541. The summed E-state index contributed by atoms with van der Waals surface area (Å²) in [7, 11) is 1.85. The third-order valence-electron chi connectivity index (χ3n) is 4.67. The number of aliphatic hydroxyl groups excluding tert-OH is 1. The van der Waals surface area contributed by atoms with Crippen molar-refractivity contribution in [1.82, 2.24) is 4.90 Å².